The smallest absolute Gasteiger partial charge is 0.381 e. The lowest BCUT2D eigenvalue weighted by molar-refractivity contribution is -0.215. The highest BCUT2D eigenvalue weighted by molar-refractivity contribution is 6.01. The van der Waals surface area contributed by atoms with E-state index in [0.29, 0.717) is 32.1 Å². The Bertz CT molecular complexity index is 3350. The standard InChI is InChI=1S/C79H124F6N12O14/c1-15-47(4)65-73(107)91(9)44-64(100)92(10)56-25-19-18-22-36-96(72(56)106)60(38-49-28-32-52(33-29-49)78(80,81)82)71(105)90(8)43-62(98)86-55(35-31-50-30-34-54(79(83,84)85)61(39-50)110-14)69(103)97-42-53(111-17-3)40-58(97)68(102)88-77(45-76(5,6)46-77)75(109)95(13)66(51-23-20-21-24-51)74(108)94(12)59(70(104)89(7)16-2)41-63(99)93(11)57(67(101)87-65)37-48-26-27-48/h18-19,47-61,65-66H,15-17,20-46H2,1-14H3,(H,86,98)(H,87,101)(H,88,102)/b19-18-/t47-,49?,50?,52?,53+,54?,55-,56-,57-,58-,59-,60-,61?,65-,66-/m0/s1. The lowest BCUT2D eigenvalue weighted by atomic mass is 9.58. The van der Waals surface area contributed by atoms with E-state index in [1.165, 1.54) is 85.8 Å². The maximum atomic E-state index is 15.9. The highest BCUT2D eigenvalue weighted by Crippen LogP contribution is 2.50. The van der Waals surface area contributed by atoms with Crippen LogP contribution in [0.2, 0.25) is 0 Å². The number of halogens is 6. The Kier molecular flexibility index (Phi) is 30.5. The summed E-state index contributed by atoms with van der Waals surface area (Å²) >= 11 is 0. The molecule has 2 saturated heterocycles. The van der Waals surface area contributed by atoms with Crippen LogP contribution in [0.4, 0.5) is 26.3 Å². The number of hydrogen-bond acceptors (Lipinski definition) is 14. The summed E-state index contributed by atoms with van der Waals surface area (Å²) in [7, 11) is 11.0. The van der Waals surface area contributed by atoms with E-state index in [1.54, 1.807) is 32.9 Å². The maximum absolute atomic E-state index is 15.9. The minimum absolute atomic E-state index is 0.0182. The predicted octanol–water partition coefficient (Wildman–Crippen LogP) is 6.86. The van der Waals surface area contributed by atoms with Gasteiger partial charge in [-0.3, -0.25) is 57.5 Å². The van der Waals surface area contributed by atoms with Gasteiger partial charge in [-0.25, -0.2) is 0 Å². The summed E-state index contributed by atoms with van der Waals surface area (Å²) in [6, 6.07) is -10.8. The van der Waals surface area contributed by atoms with Crippen LogP contribution in [0, 0.1) is 46.8 Å². The second-order valence-electron chi connectivity index (χ2n) is 34.2. The molecule has 5 saturated carbocycles. The third-order valence-electron chi connectivity index (χ3n) is 25.6. The quantitative estimate of drug-likeness (QED) is 0.112. The molecule has 3 heterocycles. The first-order valence-corrected chi connectivity index (χ1v) is 40.4. The van der Waals surface area contributed by atoms with Crippen LogP contribution >= 0.6 is 0 Å². The molecule has 2 bridgehead atoms. The van der Waals surface area contributed by atoms with Crippen LogP contribution in [-0.4, -0.2) is 289 Å². The molecule has 3 aliphatic heterocycles. The number of likely N-dealkylation sites (N-methyl/N-ethyl adjacent to an activating group) is 7. The summed E-state index contributed by atoms with van der Waals surface area (Å²) < 4.78 is 97.1. The summed E-state index contributed by atoms with van der Waals surface area (Å²) in [5, 5.41) is 8.78. The Labute approximate surface area is 650 Å². The summed E-state index contributed by atoms with van der Waals surface area (Å²) in [5.41, 5.74) is -2.26. The number of rotatable bonds is 15. The third kappa shape index (κ3) is 21.9. The highest BCUT2D eigenvalue weighted by Gasteiger charge is 2.60. The number of carbonyl (C=O) groups excluding carboxylic acids is 12. The number of ether oxygens (including phenoxy) is 2. The second-order valence-corrected chi connectivity index (χ2v) is 34.2. The zero-order valence-corrected chi connectivity index (χ0v) is 67.7. The molecule has 7 fully saturated rings. The average molecular weight is 1580 g/mol. The zero-order chi connectivity index (χ0) is 82.1. The van der Waals surface area contributed by atoms with Gasteiger partial charge in [0.25, 0.3) is 0 Å². The van der Waals surface area contributed by atoms with Crippen molar-refractivity contribution in [3.8, 4) is 0 Å². The first kappa shape index (κ1) is 89.4. The monoisotopic (exact) mass is 1580 g/mol. The van der Waals surface area contributed by atoms with Gasteiger partial charge in [0.15, 0.2) is 0 Å². The molecule has 26 nitrogen and oxygen atoms in total. The second kappa shape index (κ2) is 37.9. The van der Waals surface area contributed by atoms with E-state index in [4.69, 9.17) is 9.47 Å². The number of methoxy groups -OCH3 is 1. The molecule has 3 unspecified atom stereocenters. The molecule has 3 N–H and O–H groups in total. The molecule has 5 aliphatic carbocycles. The fourth-order valence-electron chi connectivity index (χ4n) is 18.5. The Morgan fingerprint density at radius 3 is 1.83 bits per heavy atom. The van der Waals surface area contributed by atoms with Crippen molar-refractivity contribution in [2.24, 2.45) is 46.8 Å². The van der Waals surface area contributed by atoms with Crippen LogP contribution in [0.3, 0.4) is 0 Å². The first-order valence-electron chi connectivity index (χ1n) is 40.4. The van der Waals surface area contributed by atoms with Crippen molar-refractivity contribution in [3.05, 3.63) is 12.2 Å². The molecule has 13 atom stereocenters. The Balaban J connectivity index is 1.22. The lowest BCUT2D eigenvalue weighted by Crippen LogP contribution is -2.71. The van der Waals surface area contributed by atoms with Gasteiger partial charge in [0.2, 0.25) is 70.9 Å². The predicted molar refractivity (Wildman–Crippen MR) is 398 cm³/mol. The van der Waals surface area contributed by atoms with E-state index in [-0.39, 0.29) is 135 Å². The van der Waals surface area contributed by atoms with Gasteiger partial charge in [-0.15, -0.1) is 0 Å². The van der Waals surface area contributed by atoms with E-state index in [1.807, 2.05) is 20.8 Å². The Hall–Kier alpha value is -7.12. The highest BCUT2D eigenvalue weighted by atomic mass is 19.4. The van der Waals surface area contributed by atoms with Crippen molar-refractivity contribution in [2.75, 3.05) is 95.8 Å². The number of alkyl halides is 6. The van der Waals surface area contributed by atoms with Crippen LogP contribution in [0.15, 0.2) is 12.2 Å². The van der Waals surface area contributed by atoms with Gasteiger partial charge in [0.05, 0.1) is 43.6 Å². The number of nitrogens with one attached hydrogen (secondary N) is 3. The van der Waals surface area contributed by atoms with Gasteiger partial charge in [-0.2, -0.15) is 26.3 Å². The van der Waals surface area contributed by atoms with Crippen LogP contribution in [-0.2, 0) is 67.0 Å². The number of fused-ring (bicyclic) bond motifs is 3. The molecule has 0 aromatic heterocycles. The number of nitrogens with zero attached hydrogens (tertiary/aromatic N) is 9. The van der Waals surface area contributed by atoms with Crippen LogP contribution in [0.25, 0.3) is 0 Å². The van der Waals surface area contributed by atoms with Crippen molar-refractivity contribution in [3.63, 3.8) is 0 Å². The van der Waals surface area contributed by atoms with Gasteiger partial charge < -0.3 is 69.5 Å². The molecule has 0 aromatic rings. The number of carbonyl (C=O) groups is 12. The molecule has 8 aliphatic rings. The lowest BCUT2D eigenvalue weighted by Gasteiger charge is -2.54. The summed E-state index contributed by atoms with van der Waals surface area (Å²) in [4.78, 5) is 194. The number of hydrogen-bond donors (Lipinski definition) is 3. The molecule has 32 heteroatoms. The van der Waals surface area contributed by atoms with Crippen molar-refractivity contribution in [2.45, 2.75) is 274 Å². The van der Waals surface area contributed by atoms with E-state index < -0.39 is 210 Å². The van der Waals surface area contributed by atoms with E-state index >= 15 is 38.4 Å². The van der Waals surface area contributed by atoms with E-state index in [0.717, 1.165) is 27.5 Å². The molecule has 111 heavy (non-hydrogen) atoms. The topological polar surface area (TPSA) is 289 Å². The van der Waals surface area contributed by atoms with Crippen molar-refractivity contribution in [1.29, 1.82) is 0 Å². The first-order chi connectivity index (χ1) is 52.1. The third-order valence-corrected chi connectivity index (χ3v) is 25.6. The SMILES string of the molecule is CCO[C@@H]1C[C@H]2C(=O)NC3(CC(C)(C)C3)C(=O)N(C)[C@@H](C3CCCC3)C(=O)N(C)[C@H](C(=O)N(C)CC)CC(=O)N(C)[C@@H](CC3CC3)C(=O)N[C@@H]([C@@H](C)CC)C(=O)N(C)CC(=O)N(C)[C@H]3C/C=C\CCN(C3=O)[C@@H](CC3CCC(C(F)(F)F)CC3)C(=O)N(C)CC(=O)N[C@@H](CCC3CCC(C(F)(F)F)C(OC)C3)C(=O)N2C1. The van der Waals surface area contributed by atoms with Crippen LogP contribution in [0.5, 0.6) is 0 Å². The van der Waals surface area contributed by atoms with Gasteiger partial charge >= 0.3 is 12.4 Å². The van der Waals surface area contributed by atoms with E-state index in [9.17, 15) is 45.5 Å². The Morgan fingerprint density at radius 2 is 1.25 bits per heavy atom. The normalized spacial score (nSPS) is 31.9. The maximum Gasteiger partial charge on any atom is 0.394 e. The zero-order valence-electron chi connectivity index (χ0n) is 67.7. The fraction of sp³-hybridized carbons (Fsp3) is 0.823. The Morgan fingerprint density at radius 1 is 0.640 bits per heavy atom. The molecular formula is C79H124F6N12O14. The van der Waals surface area contributed by atoms with Crippen molar-refractivity contribution < 1.29 is 93.4 Å². The van der Waals surface area contributed by atoms with Crippen LogP contribution in [0.1, 0.15) is 196 Å². The van der Waals surface area contributed by atoms with Crippen molar-refractivity contribution >= 4 is 70.9 Å². The summed E-state index contributed by atoms with van der Waals surface area (Å²) in [6.07, 6.45) is -4.50. The van der Waals surface area contributed by atoms with Gasteiger partial charge in [0, 0.05) is 89.1 Å². The van der Waals surface area contributed by atoms with Gasteiger partial charge in [0.1, 0.15) is 53.9 Å². The summed E-state index contributed by atoms with van der Waals surface area (Å²) in [6.45, 7) is 9.41. The van der Waals surface area contributed by atoms with Crippen molar-refractivity contribution in [1.82, 2.24) is 60.0 Å². The molecule has 1 spiro atoms. The molecule has 0 radical (unpaired) electrons. The molecule has 0 aromatic carbocycles. The van der Waals surface area contributed by atoms with Gasteiger partial charge in [-0.05, 0) is 158 Å². The molecule has 626 valence electrons. The molecule has 8 rings (SSSR count). The average Bonchev–Trinajstić information content (AvgIpc) is 1.06. The molecule has 12 amide bonds. The fourth-order valence-corrected chi connectivity index (χ4v) is 18.5. The minimum atomic E-state index is -4.57. The number of amides is 12. The van der Waals surface area contributed by atoms with Gasteiger partial charge in [-0.1, -0.05) is 72.0 Å². The summed E-state index contributed by atoms with van der Waals surface area (Å²) in [5.74, 6) is -14.0. The van der Waals surface area contributed by atoms with E-state index in [2.05, 4.69) is 16.0 Å². The molecular weight excluding hydrogens is 1450 g/mol. The van der Waals surface area contributed by atoms with Crippen LogP contribution < -0.4 is 16.0 Å². The minimum Gasteiger partial charge on any atom is -0.381 e. The largest absolute Gasteiger partial charge is 0.394 e.